The third kappa shape index (κ3) is 4.29. The molecule has 0 saturated heterocycles. The van der Waals surface area contributed by atoms with Gasteiger partial charge >= 0.3 is 0 Å². The lowest BCUT2D eigenvalue weighted by molar-refractivity contribution is 0.499. The standard InChI is InChI=1S/C15H16BrClFNS/c1-2-5-19-15(8-12-6-10(16)9-20-12)13-7-11(17)3-4-14(13)18/h3-4,6-7,9,15,19H,2,5,8H2,1H3. The van der Waals surface area contributed by atoms with Crippen molar-refractivity contribution < 1.29 is 4.39 Å². The summed E-state index contributed by atoms with van der Waals surface area (Å²) in [7, 11) is 0. The van der Waals surface area contributed by atoms with Crippen LogP contribution in [0.1, 0.15) is 29.8 Å². The van der Waals surface area contributed by atoms with Gasteiger partial charge in [-0.1, -0.05) is 18.5 Å². The molecule has 1 aromatic carbocycles. The van der Waals surface area contributed by atoms with Crippen LogP contribution >= 0.6 is 38.9 Å². The van der Waals surface area contributed by atoms with E-state index in [-0.39, 0.29) is 11.9 Å². The van der Waals surface area contributed by atoms with E-state index in [0.717, 1.165) is 23.9 Å². The minimum absolute atomic E-state index is 0.0563. The predicted molar refractivity (Wildman–Crippen MR) is 88.2 cm³/mol. The summed E-state index contributed by atoms with van der Waals surface area (Å²) in [5.41, 5.74) is 0.635. The molecule has 108 valence electrons. The number of halogens is 3. The molecule has 0 aliphatic rings. The Bertz CT molecular complexity index is 573. The molecule has 0 fully saturated rings. The molecule has 0 spiro atoms. The van der Waals surface area contributed by atoms with Gasteiger partial charge < -0.3 is 5.32 Å². The van der Waals surface area contributed by atoms with Gasteiger partial charge in [0, 0.05) is 37.8 Å². The molecule has 1 nitrogen and oxygen atoms in total. The first-order chi connectivity index (χ1) is 9.60. The number of hydrogen-bond donors (Lipinski definition) is 1. The molecule has 2 aromatic rings. The van der Waals surface area contributed by atoms with Crippen LogP contribution in [-0.4, -0.2) is 6.54 Å². The Morgan fingerprint density at radius 2 is 2.20 bits per heavy atom. The van der Waals surface area contributed by atoms with Gasteiger partial charge in [-0.25, -0.2) is 4.39 Å². The highest BCUT2D eigenvalue weighted by Crippen LogP contribution is 2.28. The minimum Gasteiger partial charge on any atom is -0.310 e. The van der Waals surface area contributed by atoms with Crippen LogP contribution in [0.25, 0.3) is 0 Å². The highest BCUT2D eigenvalue weighted by Gasteiger charge is 2.17. The van der Waals surface area contributed by atoms with Crippen LogP contribution in [-0.2, 0) is 6.42 Å². The van der Waals surface area contributed by atoms with Crippen LogP contribution in [0.15, 0.2) is 34.1 Å². The second-order valence-corrected chi connectivity index (χ2v) is 6.96. The zero-order valence-electron chi connectivity index (χ0n) is 11.1. The van der Waals surface area contributed by atoms with Crippen LogP contribution in [0.5, 0.6) is 0 Å². The van der Waals surface area contributed by atoms with E-state index in [4.69, 9.17) is 11.6 Å². The Kier molecular flexibility index (Phi) is 6.02. The minimum atomic E-state index is -0.210. The zero-order valence-corrected chi connectivity index (χ0v) is 14.3. The number of benzene rings is 1. The first-order valence-electron chi connectivity index (χ1n) is 6.51. The maximum atomic E-state index is 14.1. The molecule has 5 heteroatoms. The van der Waals surface area contributed by atoms with Crippen molar-refractivity contribution in [1.82, 2.24) is 5.32 Å². The van der Waals surface area contributed by atoms with Gasteiger partial charge in [-0.3, -0.25) is 0 Å². The molecule has 1 heterocycles. The van der Waals surface area contributed by atoms with Crippen molar-refractivity contribution in [2.75, 3.05) is 6.54 Å². The SMILES string of the molecule is CCCNC(Cc1cc(Br)cs1)c1cc(Cl)ccc1F. The molecule has 1 atom stereocenters. The fourth-order valence-electron chi connectivity index (χ4n) is 2.05. The summed E-state index contributed by atoms with van der Waals surface area (Å²) in [4.78, 5) is 1.21. The Hall–Kier alpha value is -0.420. The molecule has 2 rings (SSSR count). The molecule has 0 radical (unpaired) electrons. The van der Waals surface area contributed by atoms with E-state index in [2.05, 4.69) is 34.2 Å². The normalized spacial score (nSPS) is 12.6. The summed E-state index contributed by atoms with van der Waals surface area (Å²) >= 11 is 11.1. The molecule has 0 bridgehead atoms. The van der Waals surface area contributed by atoms with Crippen molar-refractivity contribution >= 4 is 38.9 Å². The molecule has 1 aromatic heterocycles. The summed E-state index contributed by atoms with van der Waals surface area (Å²) in [6.45, 7) is 2.95. The third-order valence-electron chi connectivity index (χ3n) is 3.00. The highest BCUT2D eigenvalue weighted by molar-refractivity contribution is 9.10. The van der Waals surface area contributed by atoms with Gasteiger partial charge in [0.1, 0.15) is 5.82 Å². The molecule has 20 heavy (non-hydrogen) atoms. The van der Waals surface area contributed by atoms with Crippen LogP contribution in [0.3, 0.4) is 0 Å². The fraction of sp³-hybridized carbons (Fsp3) is 0.333. The summed E-state index contributed by atoms with van der Waals surface area (Å²) in [5.74, 6) is -0.210. The van der Waals surface area contributed by atoms with Crippen molar-refractivity contribution in [2.45, 2.75) is 25.8 Å². The Morgan fingerprint density at radius 3 is 2.85 bits per heavy atom. The molecular weight excluding hydrogens is 361 g/mol. The van der Waals surface area contributed by atoms with Crippen molar-refractivity contribution in [1.29, 1.82) is 0 Å². The van der Waals surface area contributed by atoms with Crippen LogP contribution in [0.4, 0.5) is 4.39 Å². The summed E-state index contributed by atoms with van der Waals surface area (Å²) in [6, 6.07) is 6.75. The van der Waals surface area contributed by atoms with E-state index >= 15 is 0 Å². The molecule has 1 N–H and O–H groups in total. The lowest BCUT2D eigenvalue weighted by atomic mass is 10.0. The molecule has 0 aliphatic heterocycles. The molecule has 0 amide bonds. The van der Waals surface area contributed by atoms with Crippen LogP contribution in [0.2, 0.25) is 5.02 Å². The molecular formula is C15H16BrClFNS. The Balaban J connectivity index is 2.24. The van der Waals surface area contributed by atoms with Crippen molar-refractivity contribution in [3.05, 3.63) is 55.4 Å². The summed E-state index contributed by atoms with van der Waals surface area (Å²) < 4.78 is 15.1. The molecule has 1 unspecified atom stereocenters. The average Bonchev–Trinajstić information content (AvgIpc) is 2.83. The lowest BCUT2D eigenvalue weighted by Crippen LogP contribution is -2.24. The van der Waals surface area contributed by atoms with E-state index in [0.29, 0.717) is 10.6 Å². The summed E-state index contributed by atoms with van der Waals surface area (Å²) in [5, 5.41) is 6.01. The summed E-state index contributed by atoms with van der Waals surface area (Å²) in [6.07, 6.45) is 1.76. The van der Waals surface area contributed by atoms with Crippen molar-refractivity contribution in [2.24, 2.45) is 0 Å². The van der Waals surface area contributed by atoms with Gasteiger partial charge in [-0.05, 0) is 53.2 Å². The van der Waals surface area contributed by atoms with Crippen LogP contribution < -0.4 is 5.32 Å². The second-order valence-electron chi connectivity index (χ2n) is 4.61. The first kappa shape index (κ1) is 16.0. The first-order valence-corrected chi connectivity index (χ1v) is 8.56. The highest BCUT2D eigenvalue weighted by atomic mass is 79.9. The van der Waals surface area contributed by atoms with Gasteiger partial charge in [-0.15, -0.1) is 11.3 Å². The fourth-order valence-corrected chi connectivity index (χ4v) is 3.73. The average molecular weight is 377 g/mol. The maximum Gasteiger partial charge on any atom is 0.128 e. The predicted octanol–water partition coefficient (Wildman–Crippen LogP) is 5.59. The number of nitrogens with one attached hydrogen (secondary N) is 1. The van der Waals surface area contributed by atoms with E-state index in [1.54, 1.807) is 23.5 Å². The van der Waals surface area contributed by atoms with Gasteiger partial charge in [0.25, 0.3) is 0 Å². The van der Waals surface area contributed by atoms with E-state index < -0.39 is 0 Å². The smallest absolute Gasteiger partial charge is 0.128 e. The van der Waals surface area contributed by atoms with Gasteiger partial charge in [0.2, 0.25) is 0 Å². The van der Waals surface area contributed by atoms with Crippen LogP contribution in [0, 0.1) is 5.82 Å². The lowest BCUT2D eigenvalue weighted by Gasteiger charge is -2.19. The van der Waals surface area contributed by atoms with E-state index in [1.807, 2.05) is 5.38 Å². The van der Waals surface area contributed by atoms with Gasteiger partial charge in [0.05, 0.1) is 0 Å². The number of hydrogen-bond acceptors (Lipinski definition) is 2. The topological polar surface area (TPSA) is 12.0 Å². The zero-order chi connectivity index (χ0) is 14.5. The quantitative estimate of drug-likeness (QED) is 0.693. The number of rotatable bonds is 6. The Morgan fingerprint density at radius 1 is 1.40 bits per heavy atom. The van der Waals surface area contributed by atoms with Crippen molar-refractivity contribution in [3.63, 3.8) is 0 Å². The second kappa shape index (κ2) is 7.55. The van der Waals surface area contributed by atoms with Gasteiger partial charge in [0.15, 0.2) is 0 Å². The largest absolute Gasteiger partial charge is 0.310 e. The Labute approximate surface area is 136 Å². The third-order valence-corrected chi connectivity index (χ3v) is 4.96. The molecule has 0 saturated carbocycles. The monoisotopic (exact) mass is 375 g/mol. The molecule has 0 aliphatic carbocycles. The van der Waals surface area contributed by atoms with E-state index in [9.17, 15) is 4.39 Å². The van der Waals surface area contributed by atoms with E-state index in [1.165, 1.54) is 10.9 Å². The number of thiophene rings is 1. The van der Waals surface area contributed by atoms with Crippen molar-refractivity contribution in [3.8, 4) is 0 Å². The maximum absolute atomic E-state index is 14.1. The van der Waals surface area contributed by atoms with Gasteiger partial charge in [-0.2, -0.15) is 0 Å².